The molecule has 2 aromatic carbocycles. The Morgan fingerprint density at radius 2 is 1.71 bits per heavy atom. The standard InChI is InChI=1S/C16H19N3O3S.C16H25N3S.CH4O/c1-16(2)10(8-20)19-14(22)12(15(19)23-16)18-13(21)11(17)9-6-4-3-5-7-9;1-11(2)10-20-15-8-6-14(7-9-15)13(5)18-19-16(17)12(3)4;1-2/h3-8,10-12,15H,17H2,1-2H3,(H,18,21);6-9,11,19H,10,17H2,1-5H3;2H,1H3/b;18-13+;. The molecule has 0 saturated carbocycles. The number of nitrogens with one attached hydrogen (secondary N) is 2. The van der Waals surface area contributed by atoms with Gasteiger partial charge >= 0.3 is 0 Å². The van der Waals surface area contributed by atoms with E-state index in [0.29, 0.717) is 17.3 Å². The van der Waals surface area contributed by atoms with Crippen LogP contribution in [0.25, 0.3) is 0 Å². The summed E-state index contributed by atoms with van der Waals surface area (Å²) < 4.78 is -0.358. The van der Waals surface area contributed by atoms with Gasteiger partial charge in [-0.1, -0.05) is 56.3 Å². The van der Waals surface area contributed by atoms with Crippen LogP contribution in [0.2, 0.25) is 0 Å². The van der Waals surface area contributed by atoms with Gasteiger partial charge in [0.2, 0.25) is 11.8 Å². The lowest BCUT2D eigenvalue weighted by molar-refractivity contribution is -0.152. The average molecular weight is 657 g/mol. The normalized spacial score (nSPS) is 20.3. The number of aldehydes is 1. The van der Waals surface area contributed by atoms with E-state index in [1.165, 1.54) is 16.7 Å². The van der Waals surface area contributed by atoms with Crippen LogP contribution in [0.15, 0.2) is 76.0 Å². The number of hydrogen-bond donors (Lipinski definition) is 5. The predicted octanol–water partition coefficient (Wildman–Crippen LogP) is 4.00. The number of amides is 2. The molecule has 2 aliphatic heterocycles. The average Bonchev–Trinajstić information content (AvgIpc) is 3.29. The molecule has 2 heterocycles. The van der Waals surface area contributed by atoms with Crippen molar-refractivity contribution < 1.29 is 19.5 Å². The summed E-state index contributed by atoms with van der Waals surface area (Å²) in [7, 11) is 1.00. The van der Waals surface area contributed by atoms with Crippen LogP contribution in [0.3, 0.4) is 0 Å². The summed E-state index contributed by atoms with van der Waals surface area (Å²) in [4.78, 5) is 38.7. The van der Waals surface area contributed by atoms with Gasteiger partial charge in [-0.05, 0) is 69.4 Å². The number of aliphatic hydroxyl groups excluding tert-OH is 1. The van der Waals surface area contributed by atoms with Crippen molar-refractivity contribution in [2.75, 3.05) is 12.9 Å². The number of thioether (sulfide) groups is 2. The maximum atomic E-state index is 12.3. The molecule has 4 rings (SSSR count). The molecule has 0 aliphatic carbocycles. The first-order valence-electron chi connectivity index (χ1n) is 14.7. The molecule has 4 unspecified atom stereocenters. The van der Waals surface area contributed by atoms with Crippen molar-refractivity contribution in [2.45, 2.75) is 81.6 Å². The fraction of sp³-hybridized carbons (Fsp3) is 0.455. The fourth-order valence-corrected chi connectivity index (χ4v) is 6.87. The number of allylic oxidation sites excluding steroid dienone is 1. The Labute approximate surface area is 275 Å². The molecule has 246 valence electrons. The van der Waals surface area contributed by atoms with Crippen LogP contribution in [0.5, 0.6) is 0 Å². The molecule has 2 saturated heterocycles. The van der Waals surface area contributed by atoms with E-state index in [-0.39, 0.29) is 21.9 Å². The van der Waals surface area contributed by atoms with Crippen molar-refractivity contribution >= 4 is 47.3 Å². The topological polar surface area (TPSA) is 163 Å². The van der Waals surface area contributed by atoms with Crippen LogP contribution >= 0.6 is 23.5 Å². The number of β-lactam (4-membered cyclic amide) rings is 1. The van der Waals surface area contributed by atoms with E-state index >= 15 is 0 Å². The van der Waals surface area contributed by atoms with Crippen molar-refractivity contribution in [3.05, 3.63) is 77.1 Å². The van der Waals surface area contributed by atoms with Gasteiger partial charge in [-0.3, -0.25) is 15.0 Å². The smallest absolute Gasteiger partial charge is 0.249 e. The van der Waals surface area contributed by atoms with Crippen LogP contribution in [0.4, 0.5) is 0 Å². The zero-order chi connectivity index (χ0) is 33.9. The second kappa shape index (κ2) is 17.4. The van der Waals surface area contributed by atoms with E-state index in [4.69, 9.17) is 16.6 Å². The highest BCUT2D eigenvalue weighted by molar-refractivity contribution is 8.01. The molecule has 4 atom stereocenters. The second-order valence-corrected chi connectivity index (χ2v) is 14.6. The minimum absolute atomic E-state index is 0.209. The third-order valence-electron chi connectivity index (χ3n) is 7.12. The molecule has 10 nitrogen and oxygen atoms in total. The summed E-state index contributed by atoms with van der Waals surface area (Å²) in [5.41, 5.74) is 18.4. The molecule has 0 spiro atoms. The van der Waals surface area contributed by atoms with Gasteiger partial charge in [0.15, 0.2) is 0 Å². The van der Waals surface area contributed by atoms with Crippen LogP contribution in [-0.4, -0.2) is 68.9 Å². The summed E-state index contributed by atoms with van der Waals surface area (Å²) in [6, 6.07) is 15.6. The lowest BCUT2D eigenvalue weighted by Crippen LogP contribution is -2.70. The van der Waals surface area contributed by atoms with Crippen molar-refractivity contribution in [1.82, 2.24) is 15.6 Å². The zero-order valence-electron chi connectivity index (χ0n) is 27.4. The quantitative estimate of drug-likeness (QED) is 0.0837. The highest BCUT2D eigenvalue weighted by atomic mass is 32.2. The highest BCUT2D eigenvalue weighted by Gasteiger charge is 2.61. The number of hydrogen-bond acceptors (Lipinski definition) is 10. The number of nitrogens with two attached hydrogens (primary N) is 2. The first-order chi connectivity index (χ1) is 21.3. The van der Waals surface area contributed by atoms with E-state index in [1.54, 1.807) is 17.0 Å². The molecule has 2 aromatic rings. The minimum Gasteiger partial charge on any atom is -0.400 e. The Morgan fingerprint density at radius 3 is 2.24 bits per heavy atom. The summed E-state index contributed by atoms with van der Waals surface area (Å²) in [6.07, 6.45) is 0.804. The number of benzene rings is 2. The SMILES string of the molecule is CC(C)=C(N)N/N=C(\C)c1ccc(SCC(C)C)cc1.CC1(C)SC2C(NC(=O)C(N)c3ccccc3)C(=O)N2C1C=O.CO. The second-order valence-electron chi connectivity index (χ2n) is 11.8. The molecular weight excluding hydrogens is 609 g/mol. The van der Waals surface area contributed by atoms with Gasteiger partial charge in [0.25, 0.3) is 0 Å². The summed E-state index contributed by atoms with van der Waals surface area (Å²) in [5.74, 6) is 1.85. The van der Waals surface area contributed by atoms with E-state index in [9.17, 15) is 14.4 Å². The molecule has 2 fully saturated rings. The summed E-state index contributed by atoms with van der Waals surface area (Å²) in [6.45, 7) is 14.2. The lowest BCUT2D eigenvalue weighted by atomic mass is 9.96. The van der Waals surface area contributed by atoms with Gasteiger partial charge in [-0.15, -0.1) is 23.5 Å². The molecule has 7 N–H and O–H groups in total. The van der Waals surface area contributed by atoms with E-state index < -0.39 is 18.1 Å². The number of hydrazone groups is 1. The molecule has 2 aliphatic rings. The van der Waals surface area contributed by atoms with Crippen LogP contribution in [0, 0.1) is 5.92 Å². The van der Waals surface area contributed by atoms with Gasteiger partial charge in [0.05, 0.1) is 5.71 Å². The van der Waals surface area contributed by atoms with E-state index in [0.717, 1.165) is 36.0 Å². The number of carbonyl (C=O) groups is 3. The Morgan fingerprint density at radius 1 is 1.11 bits per heavy atom. The lowest BCUT2D eigenvalue weighted by Gasteiger charge is -2.43. The van der Waals surface area contributed by atoms with Gasteiger partial charge in [-0.25, -0.2) is 0 Å². The summed E-state index contributed by atoms with van der Waals surface area (Å²) in [5, 5.41) is 13.8. The van der Waals surface area contributed by atoms with Crippen molar-refractivity contribution in [2.24, 2.45) is 22.5 Å². The maximum Gasteiger partial charge on any atom is 0.249 e. The van der Waals surface area contributed by atoms with Gasteiger partial charge in [-0.2, -0.15) is 5.10 Å². The Balaban J connectivity index is 0.000000300. The minimum atomic E-state index is -0.820. The molecule has 0 bridgehead atoms. The number of carbonyl (C=O) groups excluding carboxylic acids is 3. The Bertz CT molecular complexity index is 1340. The molecule has 2 amide bonds. The molecule has 12 heteroatoms. The van der Waals surface area contributed by atoms with Gasteiger partial charge < -0.3 is 31.6 Å². The molecular formula is C33H48N6O4S2. The number of fused-ring (bicyclic) bond motifs is 1. The van der Waals surface area contributed by atoms with Gasteiger partial charge in [0, 0.05) is 22.5 Å². The largest absolute Gasteiger partial charge is 0.400 e. The van der Waals surface area contributed by atoms with Crippen LogP contribution < -0.4 is 22.2 Å². The van der Waals surface area contributed by atoms with Crippen LogP contribution in [-0.2, 0) is 14.4 Å². The molecule has 45 heavy (non-hydrogen) atoms. The van der Waals surface area contributed by atoms with E-state index in [1.807, 2.05) is 64.6 Å². The number of aliphatic hydroxyl groups is 1. The zero-order valence-corrected chi connectivity index (χ0v) is 29.0. The first-order valence-corrected chi connectivity index (χ1v) is 16.6. The third kappa shape index (κ3) is 10.1. The third-order valence-corrected chi connectivity index (χ3v) is 10.2. The maximum absolute atomic E-state index is 12.3. The molecule has 0 radical (unpaired) electrons. The monoisotopic (exact) mass is 656 g/mol. The Hall–Kier alpha value is -3.32. The predicted molar refractivity (Wildman–Crippen MR) is 186 cm³/mol. The summed E-state index contributed by atoms with van der Waals surface area (Å²) >= 11 is 3.42. The van der Waals surface area contributed by atoms with Crippen LogP contribution in [0.1, 0.15) is 65.6 Å². The Kier molecular flexibility index (Phi) is 14.6. The first kappa shape index (κ1) is 37.9. The number of rotatable bonds is 10. The van der Waals surface area contributed by atoms with Crippen molar-refractivity contribution in [3.8, 4) is 0 Å². The van der Waals surface area contributed by atoms with Gasteiger partial charge in [0.1, 0.15) is 35.6 Å². The van der Waals surface area contributed by atoms with Crippen molar-refractivity contribution in [1.29, 1.82) is 0 Å². The van der Waals surface area contributed by atoms with E-state index in [2.05, 4.69) is 54.0 Å². The number of nitrogens with zero attached hydrogens (tertiary/aromatic N) is 2. The fourth-order valence-electron chi connectivity index (χ4n) is 4.42. The molecule has 0 aromatic heterocycles. The highest BCUT2D eigenvalue weighted by Crippen LogP contribution is 2.50. The van der Waals surface area contributed by atoms with Crippen molar-refractivity contribution in [3.63, 3.8) is 0 Å².